The number of benzene rings is 1. The monoisotopic (exact) mass is 348 g/mol. The lowest BCUT2D eigenvalue weighted by atomic mass is 10.2. The van der Waals surface area contributed by atoms with Crippen LogP contribution in [0.3, 0.4) is 0 Å². The Morgan fingerprint density at radius 1 is 1.25 bits per heavy atom. The fraction of sp³-hybridized carbons (Fsp3) is 0.353. The van der Waals surface area contributed by atoms with E-state index in [-0.39, 0.29) is 23.6 Å². The van der Waals surface area contributed by atoms with Crippen LogP contribution in [0, 0.1) is 6.92 Å². The topological polar surface area (TPSA) is 76.0 Å². The quantitative estimate of drug-likeness (QED) is 0.839. The fourth-order valence-corrected chi connectivity index (χ4v) is 2.61. The number of hydrogen-bond donors (Lipinski definition) is 2. The molecule has 24 heavy (non-hydrogen) atoms. The first kappa shape index (κ1) is 18.0. The Kier molecular flexibility index (Phi) is 5.98. The third-order valence-electron chi connectivity index (χ3n) is 3.33. The summed E-state index contributed by atoms with van der Waals surface area (Å²) < 4.78 is 1.58. The first-order chi connectivity index (χ1) is 11.4. The molecule has 2 amide bonds. The van der Waals surface area contributed by atoms with Gasteiger partial charge in [-0.3, -0.25) is 9.59 Å². The minimum atomic E-state index is -0.407. The van der Waals surface area contributed by atoms with Gasteiger partial charge in [0.25, 0.3) is 5.91 Å². The van der Waals surface area contributed by atoms with Gasteiger partial charge in [0.05, 0.1) is 24.3 Å². The molecular weight excluding hydrogens is 328 g/mol. The minimum Gasteiger partial charge on any atom is -0.352 e. The summed E-state index contributed by atoms with van der Waals surface area (Å²) in [6, 6.07) is 9.74. The molecule has 0 saturated heterocycles. The van der Waals surface area contributed by atoms with Crippen LogP contribution in [0.4, 0.5) is 0 Å². The highest BCUT2D eigenvalue weighted by molar-refractivity contribution is 6.33. The zero-order chi connectivity index (χ0) is 17.7. The molecule has 0 fully saturated rings. The molecule has 128 valence electrons. The molecule has 0 radical (unpaired) electrons. The van der Waals surface area contributed by atoms with Gasteiger partial charge >= 0.3 is 0 Å². The molecule has 2 N–H and O–H groups in total. The Balaban J connectivity index is 2.08. The normalized spacial score (nSPS) is 10.7. The van der Waals surface area contributed by atoms with E-state index in [4.69, 9.17) is 11.6 Å². The van der Waals surface area contributed by atoms with Crippen LogP contribution in [-0.4, -0.2) is 34.2 Å². The fourth-order valence-electron chi connectivity index (χ4n) is 2.29. The highest BCUT2D eigenvalue weighted by atomic mass is 35.5. The summed E-state index contributed by atoms with van der Waals surface area (Å²) in [4.78, 5) is 23.9. The molecule has 0 spiro atoms. The molecule has 0 bridgehead atoms. The van der Waals surface area contributed by atoms with Gasteiger partial charge in [0.1, 0.15) is 5.15 Å². The van der Waals surface area contributed by atoms with Crippen LogP contribution in [-0.2, 0) is 11.3 Å². The van der Waals surface area contributed by atoms with E-state index in [0.717, 1.165) is 5.56 Å². The van der Waals surface area contributed by atoms with Crippen LogP contribution in [0.1, 0.15) is 35.5 Å². The molecule has 1 heterocycles. The molecule has 1 aromatic heterocycles. The lowest BCUT2D eigenvalue weighted by molar-refractivity contribution is -0.120. The molecule has 0 atom stereocenters. The Morgan fingerprint density at radius 2 is 1.92 bits per heavy atom. The van der Waals surface area contributed by atoms with E-state index < -0.39 is 5.91 Å². The van der Waals surface area contributed by atoms with E-state index in [1.165, 1.54) is 0 Å². The summed E-state index contributed by atoms with van der Waals surface area (Å²) in [5.41, 5.74) is 1.85. The van der Waals surface area contributed by atoms with E-state index in [1.54, 1.807) is 11.6 Å². The van der Waals surface area contributed by atoms with Gasteiger partial charge in [-0.1, -0.05) is 41.9 Å². The average Bonchev–Trinajstić information content (AvgIpc) is 2.79. The lowest BCUT2D eigenvalue weighted by Crippen LogP contribution is -2.39. The molecule has 0 aliphatic carbocycles. The number of rotatable bonds is 6. The maximum absolute atomic E-state index is 12.3. The number of hydrogen-bond acceptors (Lipinski definition) is 3. The number of carbonyl (C=O) groups is 2. The summed E-state index contributed by atoms with van der Waals surface area (Å²) in [5, 5.41) is 9.87. The van der Waals surface area contributed by atoms with Crippen LogP contribution in [0.25, 0.3) is 0 Å². The molecular formula is C17H21ClN4O2. The van der Waals surface area contributed by atoms with Crippen molar-refractivity contribution in [3.63, 3.8) is 0 Å². The average molecular weight is 349 g/mol. The molecule has 0 aliphatic heterocycles. The van der Waals surface area contributed by atoms with Gasteiger partial charge < -0.3 is 10.6 Å². The van der Waals surface area contributed by atoms with Crippen molar-refractivity contribution in [2.24, 2.45) is 0 Å². The van der Waals surface area contributed by atoms with Crippen LogP contribution in [0.5, 0.6) is 0 Å². The van der Waals surface area contributed by atoms with Crippen LogP contribution in [0.2, 0.25) is 5.15 Å². The third-order valence-corrected chi connectivity index (χ3v) is 3.71. The van der Waals surface area contributed by atoms with E-state index in [1.807, 2.05) is 44.2 Å². The number of halogens is 1. The standard InChI is InChI=1S/C17H21ClN4O2/c1-11(2)20-14(23)9-19-17(24)15-12(3)21-22(16(15)18)10-13-7-5-4-6-8-13/h4-8,11H,9-10H2,1-3H3,(H,19,24)(H,20,23). The lowest BCUT2D eigenvalue weighted by Gasteiger charge is -2.09. The first-order valence-corrected chi connectivity index (χ1v) is 8.10. The number of aromatic nitrogens is 2. The van der Waals surface area contributed by atoms with Gasteiger partial charge in [-0.05, 0) is 26.3 Å². The van der Waals surface area contributed by atoms with Gasteiger partial charge in [-0.2, -0.15) is 5.10 Å². The zero-order valence-electron chi connectivity index (χ0n) is 14.0. The van der Waals surface area contributed by atoms with Crippen molar-refractivity contribution in [1.82, 2.24) is 20.4 Å². The predicted octanol–water partition coefficient (Wildman–Crippen LogP) is 2.15. The van der Waals surface area contributed by atoms with Crippen LogP contribution >= 0.6 is 11.6 Å². The number of aryl methyl sites for hydroxylation is 1. The molecule has 1 aromatic carbocycles. The van der Waals surface area contributed by atoms with E-state index in [0.29, 0.717) is 17.8 Å². The number of amides is 2. The molecule has 7 heteroatoms. The van der Waals surface area contributed by atoms with Crippen molar-refractivity contribution in [2.45, 2.75) is 33.4 Å². The van der Waals surface area contributed by atoms with Gasteiger partial charge in [-0.25, -0.2) is 4.68 Å². The summed E-state index contributed by atoms with van der Waals surface area (Å²) in [6.45, 7) is 5.80. The SMILES string of the molecule is Cc1nn(Cc2ccccc2)c(Cl)c1C(=O)NCC(=O)NC(C)C. The molecule has 6 nitrogen and oxygen atoms in total. The first-order valence-electron chi connectivity index (χ1n) is 7.73. The molecule has 0 unspecified atom stereocenters. The highest BCUT2D eigenvalue weighted by Gasteiger charge is 2.20. The summed E-state index contributed by atoms with van der Waals surface area (Å²) in [6.07, 6.45) is 0. The maximum Gasteiger partial charge on any atom is 0.256 e. The van der Waals surface area contributed by atoms with Gasteiger partial charge in [-0.15, -0.1) is 0 Å². The van der Waals surface area contributed by atoms with Crippen molar-refractivity contribution in [3.05, 3.63) is 52.3 Å². The number of nitrogens with one attached hydrogen (secondary N) is 2. The van der Waals surface area contributed by atoms with Gasteiger partial charge in [0.2, 0.25) is 5.91 Å². The molecule has 0 aliphatic rings. The second-order valence-electron chi connectivity index (χ2n) is 5.80. The Hall–Kier alpha value is -2.34. The predicted molar refractivity (Wildman–Crippen MR) is 93.1 cm³/mol. The second kappa shape index (κ2) is 7.97. The zero-order valence-corrected chi connectivity index (χ0v) is 14.7. The maximum atomic E-state index is 12.3. The Labute approximate surface area is 146 Å². The van der Waals surface area contributed by atoms with Gasteiger partial charge in [0, 0.05) is 6.04 Å². The minimum absolute atomic E-state index is 0.0216. The summed E-state index contributed by atoms with van der Waals surface area (Å²) >= 11 is 6.31. The van der Waals surface area contributed by atoms with E-state index in [9.17, 15) is 9.59 Å². The number of carbonyl (C=O) groups excluding carboxylic acids is 2. The largest absolute Gasteiger partial charge is 0.352 e. The Morgan fingerprint density at radius 3 is 2.54 bits per heavy atom. The van der Waals surface area contributed by atoms with Crippen molar-refractivity contribution in [2.75, 3.05) is 6.54 Å². The van der Waals surface area contributed by atoms with Crippen molar-refractivity contribution >= 4 is 23.4 Å². The third kappa shape index (κ3) is 4.58. The van der Waals surface area contributed by atoms with Gasteiger partial charge in [0.15, 0.2) is 0 Å². The molecule has 2 aromatic rings. The highest BCUT2D eigenvalue weighted by Crippen LogP contribution is 2.20. The van der Waals surface area contributed by atoms with Crippen molar-refractivity contribution in [1.29, 1.82) is 0 Å². The van der Waals surface area contributed by atoms with Crippen molar-refractivity contribution in [3.8, 4) is 0 Å². The second-order valence-corrected chi connectivity index (χ2v) is 6.16. The molecule has 2 rings (SSSR count). The number of nitrogens with zero attached hydrogens (tertiary/aromatic N) is 2. The van der Waals surface area contributed by atoms with E-state index >= 15 is 0 Å². The Bertz CT molecular complexity index is 726. The van der Waals surface area contributed by atoms with Crippen molar-refractivity contribution < 1.29 is 9.59 Å². The van der Waals surface area contributed by atoms with Crippen LogP contribution in [0.15, 0.2) is 30.3 Å². The van der Waals surface area contributed by atoms with E-state index in [2.05, 4.69) is 15.7 Å². The smallest absolute Gasteiger partial charge is 0.256 e. The van der Waals surface area contributed by atoms with Crippen LogP contribution < -0.4 is 10.6 Å². The molecule has 0 saturated carbocycles. The summed E-state index contributed by atoms with van der Waals surface area (Å²) in [7, 11) is 0. The summed E-state index contributed by atoms with van der Waals surface area (Å²) in [5.74, 6) is -0.653.